The maximum atomic E-state index is 6.16. The first kappa shape index (κ1) is 13.6. The molecule has 100 valence electrons. The molecule has 1 saturated heterocycles. The van der Waals surface area contributed by atoms with Crippen LogP contribution in [0, 0.1) is 0 Å². The van der Waals surface area contributed by atoms with Crippen molar-refractivity contribution in [1.29, 1.82) is 0 Å². The number of ether oxygens (including phenoxy) is 2. The fraction of sp³-hybridized carbons (Fsp3) is 0.571. The van der Waals surface area contributed by atoms with Crippen molar-refractivity contribution in [2.24, 2.45) is 5.73 Å². The van der Waals surface area contributed by atoms with Gasteiger partial charge in [0, 0.05) is 5.75 Å². The van der Waals surface area contributed by atoms with Crippen molar-refractivity contribution in [2.75, 3.05) is 25.2 Å². The zero-order chi connectivity index (χ0) is 12.8. The maximum absolute atomic E-state index is 6.16. The van der Waals surface area contributed by atoms with Gasteiger partial charge in [-0.2, -0.15) is 11.8 Å². The molecule has 0 radical (unpaired) electrons. The van der Waals surface area contributed by atoms with Crippen LogP contribution in [0.3, 0.4) is 0 Å². The fourth-order valence-corrected chi connectivity index (χ4v) is 3.21. The minimum absolute atomic E-state index is 0.302. The smallest absolute Gasteiger partial charge is 0.164 e. The van der Waals surface area contributed by atoms with Gasteiger partial charge in [0.25, 0.3) is 0 Å². The van der Waals surface area contributed by atoms with E-state index < -0.39 is 0 Å². The van der Waals surface area contributed by atoms with Crippen LogP contribution in [0.1, 0.15) is 18.4 Å². The summed E-state index contributed by atoms with van der Waals surface area (Å²) in [6.45, 7) is 0.628. The van der Waals surface area contributed by atoms with Gasteiger partial charge in [0.05, 0.1) is 7.11 Å². The molecule has 3 nitrogen and oxygen atoms in total. The van der Waals surface area contributed by atoms with E-state index in [1.54, 1.807) is 7.11 Å². The first-order chi connectivity index (χ1) is 8.85. The van der Waals surface area contributed by atoms with Crippen molar-refractivity contribution >= 4 is 11.8 Å². The number of benzene rings is 1. The second-order valence-electron chi connectivity index (χ2n) is 4.44. The Kier molecular flexibility index (Phi) is 5.20. The van der Waals surface area contributed by atoms with Gasteiger partial charge in [0.2, 0.25) is 0 Å². The molecule has 0 amide bonds. The molecule has 1 aromatic carbocycles. The Hall–Kier alpha value is -0.870. The van der Waals surface area contributed by atoms with Crippen LogP contribution in [0.5, 0.6) is 11.5 Å². The van der Waals surface area contributed by atoms with Gasteiger partial charge < -0.3 is 15.2 Å². The van der Waals surface area contributed by atoms with Gasteiger partial charge in [0.1, 0.15) is 6.10 Å². The topological polar surface area (TPSA) is 44.5 Å². The molecule has 0 bridgehead atoms. The quantitative estimate of drug-likeness (QED) is 0.890. The van der Waals surface area contributed by atoms with Crippen molar-refractivity contribution < 1.29 is 9.47 Å². The van der Waals surface area contributed by atoms with Gasteiger partial charge in [-0.25, -0.2) is 0 Å². The van der Waals surface area contributed by atoms with E-state index in [2.05, 4.69) is 6.07 Å². The summed E-state index contributed by atoms with van der Waals surface area (Å²) in [6.07, 6.45) is 3.49. The van der Waals surface area contributed by atoms with E-state index in [0.29, 0.717) is 12.6 Å². The van der Waals surface area contributed by atoms with E-state index in [1.807, 2.05) is 23.9 Å². The number of methoxy groups -OCH3 is 1. The lowest BCUT2D eigenvalue weighted by atomic mass is 10.1. The number of nitrogens with two attached hydrogens (primary N) is 1. The molecular weight excluding hydrogens is 246 g/mol. The first-order valence-corrected chi connectivity index (χ1v) is 7.61. The lowest BCUT2D eigenvalue weighted by Crippen LogP contribution is -2.24. The average Bonchev–Trinajstić information content (AvgIpc) is 2.42. The molecule has 2 N–H and O–H groups in total. The van der Waals surface area contributed by atoms with E-state index in [-0.39, 0.29) is 0 Å². The predicted octanol–water partition coefficient (Wildman–Crippen LogP) is 2.47. The zero-order valence-electron chi connectivity index (χ0n) is 10.9. The third-order valence-corrected chi connectivity index (χ3v) is 4.28. The Morgan fingerprint density at radius 3 is 3.00 bits per heavy atom. The molecule has 0 saturated carbocycles. The minimum Gasteiger partial charge on any atom is -0.493 e. The van der Waals surface area contributed by atoms with Crippen LogP contribution >= 0.6 is 11.8 Å². The van der Waals surface area contributed by atoms with E-state index in [0.717, 1.165) is 35.7 Å². The molecule has 1 unspecified atom stereocenters. The SMILES string of the molecule is COc1cccc(CCN)c1OC1CCCSC1. The van der Waals surface area contributed by atoms with Crippen molar-refractivity contribution in [3.05, 3.63) is 23.8 Å². The molecule has 4 heteroatoms. The first-order valence-electron chi connectivity index (χ1n) is 6.45. The second-order valence-corrected chi connectivity index (χ2v) is 5.59. The Labute approximate surface area is 113 Å². The van der Waals surface area contributed by atoms with Gasteiger partial charge in [-0.1, -0.05) is 12.1 Å². The fourth-order valence-electron chi connectivity index (χ4n) is 2.18. The molecule has 0 aliphatic carbocycles. The maximum Gasteiger partial charge on any atom is 0.164 e. The molecule has 18 heavy (non-hydrogen) atoms. The summed E-state index contributed by atoms with van der Waals surface area (Å²) in [4.78, 5) is 0. The summed E-state index contributed by atoms with van der Waals surface area (Å²) in [7, 11) is 1.68. The number of thioether (sulfide) groups is 1. The Bertz CT molecular complexity index is 378. The summed E-state index contributed by atoms with van der Waals surface area (Å²) in [5.74, 6) is 4.02. The summed E-state index contributed by atoms with van der Waals surface area (Å²) in [5, 5.41) is 0. The molecule has 0 aromatic heterocycles. The Morgan fingerprint density at radius 1 is 1.44 bits per heavy atom. The van der Waals surface area contributed by atoms with Crippen molar-refractivity contribution in [3.8, 4) is 11.5 Å². The summed E-state index contributed by atoms with van der Waals surface area (Å²) >= 11 is 1.96. The van der Waals surface area contributed by atoms with E-state index >= 15 is 0 Å². The van der Waals surface area contributed by atoms with E-state index in [1.165, 1.54) is 12.2 Å². The largest absolute Gasteiger partial charge is 0.493 e. The molecule has 1 aliphatic rings. The Morgan fingerprint density at radius 2 is 2.33 bits per heavy atom. The van der Waals surface area contributed by atoms with Gasteiger partial charge in [-0.05, 0) is 43.2 Å². The third kappa shape index (κ3) is 3.33. The molecule has 1 atom stereocenters. The average molecular weight is 267 g/mol. The van der Waals surface area contributed by atoms with E-state index in [4.69, 9.17) is 15.2 Å². The normalized spacial score (nSPS) is 19.6. The van der Waals surface area contributed by atoms with Crippen LogP contribution in [0.15, 0.2) is 18.2 Å². The number of hydrogen-bond acceptors (Lipinski definition) is 4. The third-order valence-electron chi connectivity index (χ3n) is 3.10. The van der Waals surface area contributed by atoms with Crippen molar-refractivity contribution in [1.82, 2.24) is 0 Å². The molecule has 1 aliphatic heterocycles. The van der Waals surface area contributed by atoms with Gasteiger partial charge in [-0.3, -0.25) is 0 Å². The second kappa shape index (κ2) is 6.90. The summed E-state index contributed by atoms with van der Waals surface area (Å²) in [5.41, 5.74) is 6.80. The monoisotopic (exact) mass is 267 g/mol. The highest BCUT2D eigenvalue weighted by Gasteiger charge is 2.19. The van der Waals surface area contributed by atoms with Crippen LogP contribution in [-0.4, -0.2) is 31.3 Å². The number of hydrogen-bond donors (Lipinski definition) is 1. The molecule has 1 aromatic rings. The highest BCUT2D eigenvalue weighted by Crippen LogP contribution is 2.34. The van der Waals surface area contributed by atoms with Crippen molar-refractivity contribution in [3.63, 3.8) is 0 Å². The molecule has 1 heterocycles. The van der Waals surface area contributed by atoms with Crippen LogP contribution < -0.4 is 15.2 Å². The van der Waals surface area contributed by atoms with Crippen LogP contribution in [0.2, 0.25) is 0 Å². The van der Waals surface area contributed by atoms with Crippen molar-refractivity contribution in [2.45, 2.75) is 25.4 Å². The highest BCUT2D eigenvalue weighted by atomic mass is 32.2. The number of para-hydroxylation sites is 1. The Balaban J connectivity index is 2.16. The van der Waals surface area contributed by atoms with Crippen LogP contribution in [0.4, 0.5) is 0 Å². The summed E-state index contributed by atoms with van der Waals surface area (Å²) < 4.78 is 11.6. The zero-order valence-corrected chi connectivity index (χ0v) is 11.7. The van der Waals surface area contributed by atoms with Gasteiger partial charge >= 0.3 is 0 Å². The lowest BCUT2D eigenvalue weighted by molar-refractivity contribution is 0.200. The standard InChI is InChI=1S/C14H21NO2S/c1-16-13-6-2-4-11(7-8-15)14(13)17-12-5-3-9-18-10-12/h2,4,6,12H,3,5,7-10,15H2,1H3. The van der Waals surface area contributed by atoms with Gasteiger partial charge in [-0.15, -0.1) is 0 Å². The number of rotatable bonds is 5. The highest BCUT2D eigenvalue weighted by molar-refractivity contribution is 7.99. The molecular formula is C14H21NO2S. The molecule has 2 rings (SSSR count). The lowest BCUT2D eigenvalue weighted by Gasteiger charge is -2.25. The van der Waals surface area contributed by atoms with Crippen LogP contribution in [0.25, 0.3) is 0 Å². The molecule has 1 fully saturated rings. The van der Waals surface area contributed by atoms with E-state index in [9.17, 15) is 0 Å². The summed E-state index contributed by atoms with van der Waals surface area (Å²) in [6, 6.07) is 6.01. The van der Waals surface area contributed by atoms with Gasteiger partial charge in [0.15, 0.2) is 11.5 Å². The molecule has 0 spiro atoms. The van der Waals surface area contributed by atoms with Crippen LogP contribution in [-0.2, 0) is 6.42 Å². The predicted molar refractivity (Wildman–Crippen MR) is 76.7 cm³/mol. The minimum atomic E-state index is 0.302.